The predicted octanol–water partition coefficient (Wildman–Crippen LogP) is 6.01. The molecule has 0 aliphatic rings. The second-order valence-electron chi connectivity index (χ2n) is 10.8. The van der Waals surface area contributed by atoms with Crippen molar-refractivity contribution in [1.82, 2.24) is 15.3 Å². The molecule has 3 aromatic heterocycles. The van der Waals surface area contributed by atoms with E-state index >= 15 is 0 Å². The van der Waals surface area contributed by atoms with Crippen LogP contribution in [0.5, 0.6) is 0 Å². The number of aryl methyl sites for hydroxylation is 1. The van der Waals surface area contributed by atoms with Gasteiger partial charge in [-0.2, -0.15) is 4.98 Å². The SMILES string of the molecule is Cc1c(CC(CCO)NC(=O)OC(C)(C)C)sc2c(N(Cc3ccco3)C(=O)OC(C)(C)C)nc(Cl)nc12. The summed E-state index contributed by atoms with van der Waals surface area (Å²) in [4.78, 5) is 36.8. The molecule has 0 aromatic carbocycles. The number of amides is 2. The van der Waals surface area contributed by atoms with Crippen molar-refractivity contribution in [2.45, 2.75) is 85.1 Å². The Hall–Kier alpha value is -2.89. The molecule has 0 radical (unpaired) electrons. The van der Waals surface area contributed by atoms with Crippen LogP contribution in [-0.4, -0.2) is 51.1 Å². The Kier molecular flexibility index (Phi) is 9.27. The smallest absolute Gasteiger partial charge is 0.416 e. The van der Waals surface area contributed by atoms with Crippen molar-refractivity contribution in [3.05, 3.63) is 39.9 Å². The van der Waals surface area contributed by atoms with Gasteiger partial charge in [-0.15, -0.1) is 11.3 Å². The Balaban J connectivity index is 2.01. The molecule has 2 amide bonds. The molecule has 38 heavy (non-hydrogen) atoms. The number of thiophene rings is 1. The highest BCUT2D eigenvalue weighted by Crippen LogP contribution is 2.38. The molecule has 208 valence electrons. The van der Waals surface area contributed by atoms with Crippen LogP contribution < -0.4 is 10.2 Å². The lowest BCUT2D eigenvalue weighted by molar-refractivity contribution is 0.0495. The summed E-state index contributed by atoms with van der Waals surface area (Å²) in [7, 11) is 0. The molecule has 0 aliphatic heterocycles. The van der Waals surface area contributed by atoms with Crippen molar-refractivity contribution in [2.24, 2.45) is 0 Å². The Labute approximate surface area is 231 Å². The van der Waals surface area contributed by atoms with Gasteiger partial charge < -0.3 is 24.3 Å². The van der Waals surface area contributed by atoms with Gasteiger partial charge in [-0.3, -0.25) is 4.90 Å². The van der Waals surface area contributed by atoms with Crippen molar-refractivity contribution in [3.63, 3.8) is 0 Å². The van der Waals surface area contributed by atoms with Crippen molar-refractivity contribution < 1.29 is 28.6 Å². The Morgan fingerprint density at radius 3 is 2.45 bits per heavy atom. The molecule has 1 unspecified atom stereocenters. The highest BCUT2D eigenvalue weighted by molar-refractivity contribution is 7.19. The van der Waals surface area contributed by atoms with E-state index in [0.29, 0.717) is 34.6 Å². The van der Waals surface area contributed by atoms with Gasteiger partial charge in [-0.25, -0.2) is 14.6 Å². The van der Waals surface area contributed by atoms with Crippen LogP contribution in [0.25, 0.3) is 10.2 Å². The third-order valence-corrected chi connectivity index (χ3v) is 6.68. The first-order valence-corrected chi connectivity index (χ1v) is 13.4. The quantitative estimate of drug-likeness (QED) is 0.317. The second kappa shape index (κ2) is 11.9. The van der Waals surface area contributed by atoms with Crippen molar-refractivity contribution >= 4 is 51.2 Å². The molecule has 0 saturated heterocycles. The summed E-state index contributed by atoms with van der Waals surface area (Å²) in [6, 6.07) is 3.10. The van der Waals surface area contributed by atoms with Crippen LogP contribution in [0.1, 0.15) is 64.2 Å². The molecule has 3 aromatic rings. The number of fused-ring (bicyclic) bond motifs is 1. The van der Waals surface area contributed by atoms with E-state index in [9.17, 15) is 14.7 Å². The Morgan fingerprint density at radius 1 is 1.18 bits per heavy atom. The molecule has 0 bridgehead atoms. The number of rotatable bonds is 8. The first kappa shape index (κ1) is 29.7. The average Bonchev–Trinajstić information content (AvgIpc) is 3.38. The molecular weight excluding hydrogens is 532 g/mol. The van der Waals surface area contributed by atoms with Gasteiger partial charge in [0.2, 0.25) is 5.28 Å². The number of alkyl carbamates (subject to hydrolysis) is 1. The summed E-state index contributed by atoms with van der Waals surface area (Å²) in [5, 5.41) is 12.4. The lowest BCUT2D eigenvalue weighted by atomic mass is 10.1. The molecule has 2 N–H and O–H groups in total. The molecule has 12 heteroatoms. The maximum Gasteiger partial charge on any atom is 0.416 e. The van der Waals surface area contributed by atoms with E-state index in [1.807, 2.05) is 6.92 Å². The zero-order valence-electron chi connectivity index (χ0n) is 22.8. The molecule has 3 heterocycles. The average molecular weight is 567 g/mol. The molecule has 3 rings (SSSR count). The van der Waals surface area contributed by atoms with E-state index < -0.39 is 29.4 Å². The lowest BCUT2D eigenvalue weighted by Gasteiger charge is -2.26. The maximum atomic E-state index is 13.3. The van der Waals surface area contributed by atoms with Crippen LogP contribution >= 0.6 is 22.9 Å². The number of ether oxygens (including phenoxy) is 2. The molecule has 0 aliphatic carbocycles. The number of anilines is 1. The summed E-state index contributed by atoms with van der Waals surface area (Å²) in [5.74, 6) is 0.834. The topological polar surface area (TPSA) is 127 Å². The third kappa shape index (κ3) is 8.05. The third-order valence-electron chi connectivity index (χ3n) is 5.21. The zero-order chi connectivity index (χ0) is 28.3. The van der Waals surface area contributed by atoms with E-state index in [1.165, 1.54) is 22.5 Å². The van der Waals surface area contributed by atoms with Gasteiger partial charge >= 0.3 is 12.2 Å². The number of aromatic nitrogens is 2. The standard InChI is InChI=1S/C26H35ClN4O6S/c1-15-18(13-16(10-11-32)28-23(33)36-25(2,3)4)38-20-19(15)29-22(27)30-21(20)31(14-17-9-8-12-35-17)24(34)37-26(5,6)7/h8-9,12,16,32H,10-11,13-14H2,1-7H3,(H,28,33). The van der Waals surface area contributed by atoms with Crippen molar-refractivity contribution in [1.29, 1.82) is 0 Å². The van der Waals surface area contributed by atoms with Crippen molar-refractivity contribution in [2.75, 3.05) is 11.5 Å². The zero-order valence-corrected chi connectivity index (χ0v) is 24.3. The van der Waals surface area contributed by atoms with Crippen LogP contribution in [0.3, 0.4) is 0 Å². The molecule has 0 fully saturated rings. The number of carbonyl (C=O) groups is 2. The first-order valence-electron chi connectivity index (χ1n) is 12.3. The van der Waals surface area contributed by atoms with Crippen LogP contribution in [0, 0.1) is 6.92 Å². The number of nitrogens with one attached hydrogen (secondary N) is 1. The normalized spacial score (nSPS) is 12.9. The number of aliphatic hydroxyl groups is 1. The summed E-state index contributed by atoms with van der Waals surface area (Å²) in [6.45, 7) is 12.6. The fraction of sp³-hybridized carbons (Fsp3) is 0.538. The maximum absolute atomic E-state index is 13.3. The largest absolute Gasteiger partial charge is 0.467 e. The monoisotopic (exact) mass is 566 g/mol. The second-order valence-corrected chi connectivity index (χ2v) is 12.3. The number of halogens is 1. The summed E-state index contributed by atoms with van der Waals surface area (Å²) in [6.07, 6.45) is 1.09. The minimum atomic E-state index is -0.740. The molecule has 0 spiro atoms. The molecular formula is C26H35ClN4O6S. The minimum Gasteiger partial charge on any atom is -0.467 e. The van der Waals surface area contributed by atoms with Gasteiger partial charge in [0, 0.05) is 23.9 Å². The van der Waals surface area contributed by atoms with Gasteiger partial charge in [0.05, 0.1) is 23.0 Å². The van der Waals surface area contributed by atoms with Gasteiger partial charge in [-0.05, 0) is 84.2 Å². The van der Waals surface area contributed by atoms with E-state index in [2.05, 4.69) is 15.3 Å². The number of hydrogen-bond acceptors (Lipinski definition) is 9. The number of carbonyl (C=O) groups excluding carboxylic acids is 2. The Bertz CT molecular complexity index is 1260. The molecule has 1 atom stereocenters. The van der Waals surface area contributed by atoms with E-state index in [-0.39, 0.29) is 18.4 Å². The molecule has 0 saturated carbocycles. The van der Waals surface area contributed by atoms with Gasteiger partial charge in [0.1, 0.15) is 17.0 Å². The highest BCUT2D eigenvalue weighted by atomic mass is 35.5. The Morgan fingerprint density at radius 2 is 1.87 bits per heavy atom. The van der Waals surface area contributed by atoms with Crippen molar-refractivity contribution in [3.8, 4) is 0 Å². The van der Waals surface area contributed by atoms with Gasteiger partial charge in [-0.1, -0.05) is 0 Å². The summed E-state index contributed by atoms with van der Waals surface area (Å²) in [5.41, 5.74) is 0.0389. The summed E-state index contributed by atoms with van der Waals surface area (Å²) >= 11 is 7.72. The highest BCUT2D eigenvalue weighted by Gasteiger charge is 2.30. The van der Waals surface area contributed by atoms with E-state index in [4.69, 9.17) is 25.5 Å². The van der Waals surface area contributed by atoms with Crippen LogP contribution in [0.2, 0.25) is 5.28 Å². The number of hydrogen-bond donors (Lipinski definition) is 2. The van der Waals surface area contributed by atoms with E-state index in [0.717, 1.165) is 10.4 Å². The lowest BCUT2D eigenvalue weighted by Crippen LogP contribution is -2.40. The number of nitrogens with zero attached hydrogens (tertiary/aromatic N) is 3. The van der Waals surface area contributed by atoms with Crippen LogP contribution in [0.15, 0.2) is 22.8 Å². The van der Waals surface area contributed by atoms with Crippen LogP contribution in [0.4, 0.5) is 15.4 Å². The fourth-order valence-corrected chi connectivity index (χ4v) is 5.14. The van der Waals surface area contributed by atoms with Crippen LogP contribution in [-0.2, 0) is 22.4 Å². The first-order chi connectivity index (χ1) is 17.7. The fourth-order valence-electron chi connectivity index (χ4n) is 3.65. The molecule has 10 nitrogen and oxygen atoms in total. The van der Waals surface area contributed by atoms with Gasteiger partial charge in [0.15, 0.2) is 5.82 Å². The summed E-state index contributed by atoms with van der Waals surface area (Å²) < 4.78 is 17.2. The number of furan rings is 1. The van der Waals surface area contributed by atoms with E-state index in [1.54, 1.807) is 53.7 Å². The number of aliphatic hydroxyl groups excluding tert-OH is 1. The predicted molar refractivity (Wildman–Crippen MR) is 147 cm³/mol. The minimum absolute atomic E-state index is 0.0215. The van der Waals surface area contributed by atoms with Gasteiger partial charge in [0.25, 0.3) is 0 Å².